The van der Waals surface area contributed by atoms with Gasteiger partial charge in [-0.3, -0.25) is 0 Å². The first-order valence-electron chi connectivity index (χ1n) is 9.03. The predicted octanol–water partition coefficient (Wildman–Crippen LogP) is 4.33. The molecule has 1 atom stereocenters. The van der Waals surface area contributed by atoms with E-state index in [1.165, 1.54) is 12.1 Å². The summed E-state index contributed by atoms with van der Waals surface area (Å²) >= 11 is 0. The quantitative estimate of drug-likeness (QED) is 0.713. The van der Waals surface area contributed by atoms with Crippen LogP contribution in [-0.2, 0) is 22.2 Å². The number of primary sulfonamides is 1. The molecular formula is C22H20FNO3S. The average molecular weight is 397 g/mol. The molecule has 0 aliphatic carbocycles. The van der Waals surface area contributed by atoms with E-state index in [-0.39, 0.29) is 11.6 Å². The summed E-state index contributed by atoms with van der Waals surface area (Å²) < 4.78 is 43.3. The summed E-state index contributed by atoms with van der Waals surface area (Å²) in [5, 5.41) is 5.22. The van der Waals surface area contributed by atoms with Gasteiger partial charge in [-0.2, -0.15) is 0 Å². The van der Waals surface area contributed by atoms with Gasteiger partial charge in [0.25, 0.3) is 0 Å². The lowest BCUT2D eigenvalue weighted by Gasteiger charge is -2.31. The molecule has 0 fully saturated rings. The first-order chi connectivity index (χ1) is 13.4. The summed E-state index contributed by atoms with van der Waals surface area (Å²) in [7, 11) is -3.67. The molecule has 0 amide bonds. The van der Waals surface area contributed by atoms with Crippen molar-refractivity contribution in [2.75, 3.05) is 0 Å². The Morgan fingerprint density at radius 3 is 2.57 bits per heavy atom. The van der Waals surface area contributed by atoms with Crippen LogP contribution in [0.25, 0.3) is 11.1 Å². The Hall–Kier alpha value is -2.70. The van der Waals surface area contributed by atoms with E-state index in [0.717, 1.165) is 34.4 Å². The molecule has 0 saturated carbocycles. The highest BCUT2D eigenvalue weighted by Gasteiger charge is 2.29. The van der Waals surface area contributed by atoms with Crippen LogP contribution in [0.2, 0.25) is 0 Å². The van der Waals surface area contributed by atoms with Crippen molar-refractivity contribution in [3.05, 3.63) is 88.7 Å². The number of ether oxygens (including phenoxy) is 1. The fourth-order valence-electron chi connectivity index (χ4n) is 3.76. The standard InChI is InChI=1S/C22H20FNO3S/c1-2-15-5-4-8-20-21(15)18-10-9-14(13-28(24,25)26)11-19(18)22(27-20)16-6-3-7-17(23)12-16/h3-12,22H,2,13H2,1H3,(H2,24,25,26). The Balaban J connectivity index is 1.93. The summed E-state index contributed by atoms with van der Waals surface area (Å²) in [4.78, 5) is 0. The highest BCUT2D eigenvalue weighted by atomic mass is 32.2. The molecule has 3 aromatic rings. The van der Waals surface area contributed by atoms with Gasteiger partial charge in [0.05, 0.1) is 5.75 Å². The molecule has 0 radical (unpaired) electrons. The summed E-state index contributed by atoms with van der Waals surface area (Å²) in [5.41, 5.74) is 5.14. The molecule has 3 aromatic carbocycles. The minimum Gasteiger partial charge on any atom is -0.480 e. The van der Waals surface area contributed by atoms with Crippen molar-refractivity contribution in [2.24, 2.45) is 5.14 Å². The van der Waals surface area contributed by atoms with E-state index >= 15 is 0 Å². The SMILES string of the molecule is CCc1cccc2c1-c1ccc(CS(N)(=O)=O)cc1C(c1cccc(F)c1)O2. The molecule has 6 heteroatoms. The zero-order valence-corrected chi connectivity index (χ0v) is 16.2. The first-order valence-corrected chi connectivity index (χ1v) is 10.7. The number of aryl methyl sites for hydroxylation is 1. The van der Waals surface area contributed by atoms with Gasteiger partial charge in [0.2, 0.25) is 10.0 Å². The smallest absolute Gasteiger partial charge is 0.213 e. The van der Waals surface area contributed by atoms with Crippen LogP contribution in [0.4, 0.5) is 4.39 Å². The maximum absolute atomic E-state index is 13.9. The Morgan fingerprint density at radius 2 is 1.86 bits per heavy atom. The maximum atomic E-state index is 13.9. The van der Waals surface area contributed by atoms with Gasteiger partial charge in [0.15, 0.2) is 0 Å². The number of hydrogen-bond donors (Lipinski definition) is 1. The predicted molar refractivity (Wildman–Crippen MR) is 107 cm³/mol. The average Bonchev–Trinajstić information content (AvgIpc) is 2.65. The highest BCUT2D eigenvalue weighted by Crippen LogP contribution is 2.46. The fraction of sp³-hybridized carbons (Fsp3) is 0.182. The second-order valence-corrected chi connectivity index (χ2v) is 8.54. The summed E-state index contributed by atoms with van der Waals surface area (Å²) in [6.45, 7) is 2.07. The Bertz CT molecular complexity index is 1160. The van der Waals surface area contributed by atoms with E-state index in [4.69, 9.17) is 9.88 Å². The number of sulfonamides is 1. The molecular weight excluding hydrogens is 377 g/mol. The third-order valence-corrected chi connectivity index (χ3v) is 5.66. The van der Waals surface area contributed by atoms with Crippen LogP contribution in [0.3, 0.4) is 0 Å². The van der Waals surface area contributed by atoms with Gasteiger partial charge in [-0.25, -0.2) is 17.9 Å². The monoisotopic (exact) mass is 397 g/mol. The molecule has 1 aliphatic heterocycles. The Kier molecular flexibility index (Phi) is 4.69. The molecule has 1 aliphatic rings. The van der Waals surface area contributed by atoms with E-state index in [9.17, 15) is 12.8 Å². The number of nitrogens with two attached hydrogens (primary N) is 1. The Morgan fingerprint density at radius 1 is 1.07 bits per heavy atom. The van der Waals surface area contributed by atoms with E-state index in [2.05, 4.69) is 6.92 Å². The van der Waals surface area contributed by atoms with Gasteiger partial charge in [-0.05, 0) is 46.9 Å². The second-order valence-electron chi connectivity index (χ2n) is 6.93. The Labute approximate surface area is 163 Å². The lowest BCUT2D eigenvalue weighted by molar-refractivity contribution is 0.242. The van der Waals surface area contributed by atoms with Crippen molar-refractivity contribution in [1.29, 1.82) is 0 Å². The largest absolute Gasteiger partial charge is 0.480 e. The van der Waals surface area contributed by atoms with Crippen molar-refractivity contribution in [1.82, 2.24) is 0 Å². The molecule has 2 N–H and O–H groups in total. The molecule has 4 nitrogen and oxygen atoms in total. The molecule has 4 rings (SSSR count). The van der Waals surface area contributed by atoms with Crippen molar-refractivity contribution in [3.63, 3.8) is 0 Å². The van der Waals surface area contributed by atoms with Crippen LogP contribution < -0.4 is 9.88 Å². The van der Waals surface area contributed by atoms with E-state index in [0.29, 0.717) is 11.1 Å². The van der Waals surface area contributed by atoms with Gasteiger partial charge in [-0.15, -0.1) is 0 Å². The van der Waals surface area contributed by atoms with Crippen molar-refractivity contribution in [3.8, 4) is 16.9 Å². The molecule has 144 valence electrons. The third-order valence-electron chi connectivity index (χ3n) is 4.93. The molecule has 28 heavy (non-hydrogen) atoms. The van der Waals surface area contributed by atoms with Crippen LogP contribution in [0, 0.1) is 5.82 Å². The minimum absolute atomic E-state index is 0.265. The summed E-state index contributed by atoms with van der Waals surface area (Å²) in [6.07, 6.45) is 0.293. The van der Waals surface area contributed by atoms with E-state index in [1.54, 1.807) is 24.3 Å². The highest BCUT2D eigenvalue weighted by molar-refractivity contribution is 7.88. The number of hydrogen-bond acceptors (Lipinski definition) is 3. The van der Waals surface area contributed by atoms with Crippen LogP contribution in [0.1, 0.15) is 35.3 Å². The van der Waals surface area contributed by atoms with Gasteiger partial charge < -0.3 is 4.74 Å². The van der Waals surface area contributed by atoms with Gasteiger partial charge in [0.1, 0.15) is 17.7 Å². The normalized spacial score (nSPS) is 15.5. The van der Waals surface area contributed by atoms with Crippen LogP contribution in [-0.4, -0.2) is 8.42 Å². The van der Waals surface area contributed by atoms with Crippen molar-refractivity contribution >= 4 is 10.0 Å². The maximum Gasteiger partial charge on any atom is 0.213 e. The van der Waals surface area contributed by atoms with E-state index in [1.807, 2.05) is 24.3 Å². The third kappa shape index (κ3) is 3.53. The number of benzene rings is 3. The van der Waals surface area contributed by atoms with Crippen molar-refractivity contribution in [2.45, 2.75) is 25.2 Å². The molecule has 1 unspecified atom stereocenters. The van der Waals surface area contributed by atoms with Gasteiger partial charge >= 0.3 is 0 Å². The minimum atomic E-state index is -3.67. The second kappa shape index (κ2) is 7.04. The van der Waals surface area contributed by atoms with Crippen molar-refractivity contribution < 1.29 is 17.5 Å². The summed E-state index contributed by atoms with van der Waals surface area (Å²) in [6, 6.07) is 17.6. The fourth-order valence-corrected chi connectivity index (χ4v) is 4.41. The zero-order chi connectivity index (χ0) is 19.9. The lowest BCUT2D eigenvalue weighted by atomic mass is 9.86. The van der Waals surface area contributed by atoms with Gasteiger partial charge in [-0.1, -0.05) is 49.4 Å². The topological polar surface area (TPSA) is 69.4 Å². The molecule has 0 spiro atoms. The van der Waals surface area contributed by atoms with Crippen LogP contribution in [0.15, 0.2) is 60.7 Å². The summed E-state index contributed by atoms with van der Waals surface area (Å²) in [5.74, 6) is 0.120. The lowest BCUT2D eigenvalue weighted by Crippen LogP contribution is -2.18. The van der Waals surface area contributed by atoms with Crippen LogP contribution >= 0.6 is 0 Å². The number of halogens is 1. The molecule has 0 bridgehead atoms. The number of rotatable bonds is 4. The van der Waals surface area contributed by atoms with Gasteiger partial charge in [0, 0.05) is 11.1 Å². The zero-order valence-electron chi connectivity index (χ0n) is 15.4. The molecule has 1 heterocycles. The molecule has 0 aromatic heterocycles. The van der Waals surface area contributed by atoms with Crippen LogP contribution in [0.5, 0.6) is 5.75 Å². The first kappa shape index (κ1) is 18.7. The molecule has 0 saturated heterocycles. The van der Waals surface area contributed by atoms with E-state index < -0.39 is 16.1 Å². The number of fused-ring (bicyclic) bond motifs is 3.